The molecule has 2 amide bonds. The fourth-order valence-electron chi connectivity index (χ4n) is 3.66. The van der Waals surface area contributed by atoms with Gasteiger partial charge in [0.2, 0.25) is 5.91 Å². The second-order valence-corrected chi connectivity index (χ2v) is 10.5. The maximum Gasteiger partial charge on any atom is 0.397 e. The number of pyridine rings is 1. The number of amides is 2. The molecule has 0 aliphatic carbocycles. The van der Waals surface area contributed by atoms with Crippen molar-refractivity contribution in [3.63, 3.8) is 0 Å². The summed E-state index contributed by atoms with van der Waals surface area (Å²) in [4.78, 5) is 44.8. The lowest BCUT2D eigenvalue weighted by Crippen LogP contribution is -2.42. The number of halogens is 4. The summed E-state index contributed by atoms with van der Waals surface area (Å²) in [5.74, 6) is -2.29. The lowest BCUT2D eigenvalue weighted by Gasteiger charge is -2.29. The van der Waals surface area contributed by atoms with Crippen molar-refractivity contribution in [3.8, 4) is 0 Å². The maximum atomic E-state index is 13.6. The summed E-state index contributed by atoms with van der Waals surface area (Å²) in [5.41, 5.74) is -1.67. The molecule has 0 bridgehead atoms. The predicted octanol–water partition coefficient (Wildman–Crippen LogP) is 2.48. The molecule has 3 rings (SSSR count). The van der Waals surface area contributed by atoms with Crippen LogP contribution in [-0.4, -0.2) is 70.9 Å². The van der Waals surface area contributed by atoms with Crippen LogP contribution in [0, 0.1) is 0 Å². The summed E-state index contributed by atoms with van der Waals surface area (Å²) in [6.07, 6.45) is -3.06. The van der Waals surface area contributed by atoms with Gasteiger partial charge in [-0.3, -0.25) is 24.4 Å². The summed E-state index contributed by atoms with van der Waals surface area (Å²) >= 11 is 3.17. The highest BCUT2D eigenvalue weighted by Crippen LogP contribution is 2.42. The number of alkyl halides is 3. The van der Waals surface area contributed by atoms with Crippen molar-refractivity contribution in [3.05, 3.63) is 57.8 Å². The normalized spacial score (nSPS) is 16.3. The Labute approximate surface area is 235 Å². The first-order chi connectivity index (χ1) is 18.7. The van der Waals surface area contributed by atoms with Gasteiger partial charge < -0.3 is 31.5 Å². The molecule has 2 heterocycles. The Hall–Kier alpha value is -3.72. The van der Waals surface area contributed by atoms with Gasteiger partial charge in [-0.2, -0.15) is 13.2 Å². The van der Waals surface area contributed by atoms with Crippen LogP contribution in [0.25, 0.3) is 0 Å². The molecule has 216 valence electrons. The molecule has 0 radical (unpaired) electrons. The zero-order valence-electron chi connectivity index (χ0n) is 21.5. The highest BCUT2D eigenvalue weighted by molar-refractivity contribution is 9.10. The van der Waals surface area contributed by atoms with E-state index in [1.54, 1.807) is 0 Å². The van der Waals surface area contributed by atoms with E-state index in [9.17, 15) is 37.8 Å². The summed E-state index contributed by atoms with van der Waals surface area (Å²) in [7, 11) is 0. The molecule has 0 fully saturated rings. The number of carboxylic acids is 1. The first kappa shape index (κ1) is 30.8. The van der Waals surface area contributed by atoms with E-state index >= 15 is 0 Å². The number of carbonyl (C=O) groups is 3. The smallest absolute Gasteiger partial charge is 0.397 e. The quantitative estimate of drug-likeness (QED) is 0.246. The predicted molar refractivity (Wildman–Crippen MR) is 143 cm³/mol. The van der Waals surface area contributed by atoms with Crippen LogP contribution in [0.15, 0.2) is 46.1 Å². The average molecular weight is 629 g/mol. The van der Waals surface area contributed by atoms with Crippen molar-refractivity contribution < 1.29 is 37.8 Å². The van der Waals surface area contributed by atoms with Crippen molar-refractivity contribution in [2.75, 3.05) is 25.0 Å². The van der Waals surface area contributed by atoms with Gasteiger partial charge in [0.25, 0.3) is 5.91 Å². The van der Waals surface area contributed by atoms with Gasteiger partial charge in [-0.15, -0.1) is 0 Å². The Kier molecular flexibility index (Phi) is 9.73. The molecular formula is C25H28BrF3N6O5. The van der Waals surface area contributed by atoms with E-state index < -0.39 is 54.5 Å². The van der Waals surface area contributed by atoms with Crippen molar-refractivity contribution in [2.24, 2.45) is 4.99 Å². The molecule has 2 aromatic rings. The molecule has 2 atom stereocenters. The van der Waals surface area contributed by atoms with Crippen LogP contribution in [0.3, 0.4) is 0 Å². The third kappa shape index (κ3) is 8.14. The molecule has 0 spiro atoms. The Morgan fingerprint density at radius 1 is 1.18 bits per heavy atom. The first-order valence-electron chi connectivity index (χ1n) is 12.0. The van der Waals surface area contributed by atoms with Gasteiger partial charge in [0.05, 0.1) is 54.5 Å². The monoisotopic (exact) mass is 628 g/mol. The fourth-order valence-corrected chi connectivity index (χ4v) is 4.17. The van der Waals surface area contributed by atoms with Crippen molar-refractivity contribution in [1.29, 1.82) is 0 Å². The van der Waals surface area contributed by atoms with Gasteiger partial charge >= 0.3 is 12.1 Å². The SMILES string of the molecule is CC(C)(c1cc(Br)cc([C@H](CC(=O)O)NC(=O)CNC(=O)c2cncc(NC3=NCC(O)CN3)c2)c1)C(F)(F)F. The number of aliphatic hydroxyl groups is 1. The molecule has 1 aromatic heterocycles. The zero-order chi connectivity index (χ0) is 29.7. The number of aliphatic carboxylic acids is 1. The molecule has 1 unspecified atom stereocenters. The molecule has 0 saturated carbocycles. The van der Waals surface area contributed by atoms with Crippen LogP contribution in [-0.2, 0) is 15.0 Å². The number of aliphatic hydroxyl groups excluding tert-OH is 1. The third-order valence-electron chi connectivity index (χ3n) is 6.10. The fraction of sp³-hybridized carbons (Fsp3) is 0.400. The van der Waals surface area contributed by atoms with Crippen molar-refractivity contribution in [1.82, 2.24) is 20.9 Å². The number of aliphatic imine (C=N–C) groups is 1. The summed E-state index contributed by atoms with van der Waals surface area (Å²) < 4.78 is 41.2. The summed E-state index contributed by atoms with van der Waals surface area (Å²) in [6.45, 7) is 1.98. The Morgan fingerprint density at radius 2 is 1.90 bits per heavy atom. The minimum Gasteiger partial charge on any atom is -0.481 e. The highest BCUT2D eigenvalue weighted by Gasteiger charge is 2.48. The van der Waals surface area contributed by atoms with E-state index in [0.29, 0.717) is 18.2 Å². The maximum absolute atomic E-state index is 13.6. The lowest BCUT2D eigenvalue weighted by molar-refractivity contribution is -0.180. The molecule has 1 aliphatic rings. The molecular weight excluding hydrogens is 601 g/mol. The van der Waals surface area contributed by atoms with Gasteiger partial charge in [-0.25, -0.2) is 0 Å². The molecule has 1 aliphatic heterocycles. The Balaban J connectivity index is 1.68. The number of β-amino-alcohol motifs (C(OH)–C–C–N with tert-alkyl or cyclic N) is 1. The third-order valence-corrected chi connectivity index (χ3v) is 6.56. The van der Waals surface area contributed by atoms with E-state index in [4.69, 9.17) is 0 Å². The number of carboxylic acid groups (broad SMARTS) is 1. The number of rotatable bonds is 9. The minimum absolute atomic E-state index is 0.113. The number of hydrogen-bond donors (Lipinski definition) is 6. The van der Waals surface area contributed by atoms with Gasteiger partial charge in [-0.1, -0.05) is 22.0 Å². The van der Waals surface area contributed by atoms with E-state index in [0.717, 1.165) is 13.8 Å². The minimum atomic E-state index is -4.58. The molecule has 6 N–H and O–H groups in total. The molecule has 15 heteroatoms. The second kappa shape index (κ2) is 12.6. The number of nitrogens with zero attached hydrogens (tertiary/aromatic N) is 2. The lowest BCUT2D eigenvalue weighted by atomic mass is 9.82. The largest absolute Gasteiger partial charge is 0.481 e. The topological polar surface area (TPSA) is 165 Å². The van der Waals surface area contributed by atoms with Crippen LogP contribution in [0.2, 0.25) is 0 Å². The second-order valence-electron chi connectivity index (χ2n) is 9.61. The van der Waals surface area contributed by atoms with Gasteiger partial charge in [-0.05, 0) is 43.2 Å². The summed E-state index contributed by atoms with van der Waals surface area (Å²) in [5, 5.41) is 29.5. The number of benzene rings is 1. The average Bonchev–Trinajstić information content (AvgIpc) is 2.87. The van der Waals surface area contributed by atoms with Crippen LogP contribution < -0.4 is 21.3 Å². The van der Waals surface area contributed by atoms with Crippen molar-refractivity contribution in [2.45, 2.75) is 44.0 Å². The van der Waals surface area contributed by atoms with Crippen LogP contribution in [0.5, 0.6) is 0 Å². The van der Waals surface area contributed by atoms with E-state index in [-0.39, 0.29) is 27.7 Å². The molecule has 11 nitrogen and oxygen atoms in total. The number of guanidine groups is 1. The van der Waals surface area contributed by atoms with Gasteiger partial charge in [0.1, 0.15) is 0 Å². The van der Waals surface area contributed by atoms with E-state index in [1.165, 1.54) is 36.7 Å². The molecule has 40 heavy (non-hydrogen) atoms. The number of nitrogens with one attached hydrogen (secondary N) is 4. The summed E-state index contributed by atoms with van der Waals surface area (Å²) in [6, 6.07) is 4.22. The zero-order valence-corrected chi connectivity index (χ0v) is 23.1. The van der Waals surface area contributed by atoms with Gasteiger partial charge in [0.15, 0.2) is 5.96 Å². The Morgan fingerprint density at radius 3 is 2.52 bits per heavy atom. The highest BCUT2D eigenvalue weighted by atomic mass is 79.9. The standard InChI is InChI=1S/C25H28BrF3N6O5/c1-24(2,25(27,28)29)15-3-13(4-16(26)6-15)19(7-21(38)39)35-20(37)12-31-22(40)14-5-17(9-30-8-14)34-23-32-10-18(36)11-33-23/h3-6,8-9,18-19,36H,7,10-12H2,1-2H3,(H,31,40)(H,35,37)(H,38,39)(H2,32,33,34)/t19-/m0/s1. The van der Waals surface area contributed by atoms with Crippen LogP contribution in [0.4, 0.5) is 18.9 Å². The van der Waals surface area contributed by atoms with E-state index in [2.05, 4.69) is 47.2 Å². The number of aromatic nitrogens is 1. The van der Waals surface area contributed by atoms with E-state index in [1.807, 2.05) is 0 Å². The van der Waals surface area contributed by atoms with Gasteiger partial charge in [0, 0.05) is 17.2 Å². The number of anilines is 1. The number of hydrogen-bond acceptors (Lipinski definition) is 8. The number of carbonyl (C=O) groups excluding carboxylic acids is 2. The van der Waals surface area contributed by atoms with Crippen molar-refractivity contribution >= 4 is 45.4 Å². The first-order valence-corrected chi connectivity index (χ1v) is 12.8. The molecule has 0 saturated heterocycles. The van der Waals surface area contributed by atoms with Crippen LogP contribution >= 0.6 is 15.9 Å². The Bertz CT molecular complexity index is 1300. The van der Waals surface area contributed by atoms with Crippen LogP contribution in [0.1, 0.15) is 47.8 Å². The molecule has 1 aromatic carbocycles.